The van der Waals surface area contributed by atoms with Crippen LogP contribution in [0.2, 0.25) is 0 Å². The quantitative estimate of drug-likeness (QED) is 0.269. The Morgan fingerprint density at radius 3 is 1.80 bits per heavy atom. The number of carbonyl (C=O) groups excluding carboxylic acids is 4. The lowest BCUT2D eigenvalue weighted by molar-refractivity contribution is -0.160. The Morgan fingerprint density at radius 2 is 1.27 bits per heavy atom. The van der Waals surface area contributed by atoms with Crippen molar-refractivity contribution < 1.29 is 32.7 Å². The average molecular weight is 566 g/mol. The third kappa shape index (κ3) is 9.23. The van der Waals surface area contributed by atoms with E-state index in [0.717, 1.165) is 5.56 Å². The molecule has 0 aliphatic rings. The number of Topliss-reactive ketones (excluding diaryl/α,β-unsaturated/α-hetero) is 1. The average Bonchev–Trinajstić information content (AvgIpc) is 2.98. The monoisotopic (exact) mass is 565 g/mol. The number of rotatable bonds is 13. The van der Waals surface area contributed by atoms with E-state index in [0.29, 0.717) is 11.1 Å². The van der Waals surface area contributed by atoms with E-state index in [-0.39, 0.29) is 19.6 Å². The topological polar surface area (TPSA) is 114 Å². The Balaban J connectivity index is 1.73. The minimum absolute atomic E-state index is 0.0431. The standard InChI is InChI=1S/C31H33F2N3O5/c1-21(2)26(36-30(40)41-20-24-16-10-5-11-17-24)28(38)35-25(18-22-12-6-3-7-13-22)27(37)31(32,33)29(39)34-19-23-14-8-4-9-15-23/h3-17,21,25-26H,18-20H2,1-2H3,(H,34,39)(H,35,38)(H,36,40). The van der Waals surface area contributed by atoms with Crippen LogP contribution in [0, 0.1) is 5.92 Å². The van der Waals surface area contributed by atoms with E-state index in [1.165, 1.54) is 0 Å². The zero-order valence-corrected chi connectivity index (χ0v) is 22.8. The van der Waals surface area contributed by atoms with Gasteiger partial charge in [0.2, 0.25) is 11.7 Å². The van der Waals surface area contributed by atoms with Crippen molar-refractivity contribution in [1.82, 2.24) is 16.0 Å². The summed E-state index contributed by atoms with van der Waals surface area (Å²) in [6, 6.07) is 22.6. The molecule has 3 aromatic rings. The van der Waals surface area contributed by atoms with Gasteiger partial charge in [0.1, 0.15) is 12.6 Å². The molecule has 8 nitrogen and oxygen atoms in total. The first-order valence-corrected chi connectivity index (χ1v) is 13.1. The van der Waals surface area contributed by atoms with Crippen LogP contribution in [-0.2, 0) is 38.7 Å². The number of halogens is 2. The van der Waals surface area contributed by atoms with Crippen LogP contribution in [0.3, 0.4) is 0 Å². The third-order valence-electron chi connectivity index (χ3n) is 6.24. The van der Waals surface area contributed by atoms with E-state index in [9.17, 15) is 19.2 Å². The number of amides is 3. The molecule has 216 valence electrons. The molecule has 0 saturated carbocycles. The highest BCUT2D eigenvalue weighted by molar-refractivity contribution is 6.10. The van der Waals surface area contributed by atoms with E-state index in [1.807, 2.05) is 6.07 Å². The van der Waals surface area contributed by atoms with Crippen LogP contribution in [0.1, 0.15) is 30.5 Å². The maximum atomic E-state index is 15.1. The first-order chi connectivity index (χ1) is 19.6. The summed E-state index contributed by atoms with van der Waals surface area (Å²) < 4.78 is 35.5. The van der Waals surface area contributed by atoms with Gasteiger partial charge in [0.05, 0.1) is 6.04 Å². The van der Waals surface area contributed by atoms with Gasteiger partial charge in [0.25, 0.3) is 5.91 Å². The van der Waals surface area contributed by atoms with Gasteiger partial charge in [-0.05, 0) is 22.6 Å². The SMILES string of the molecule is CC(C)C(NC(=O)OCc1ccccc1)C(=O)NC(Cc1ccccc1)C(=O)C(F)(F)C(=O)NCc1ccccc1. The molecule has 0 heterocycles. The summed E-state index contributed by atoms with van der Waals surface area (Å²) in [5.74, 6) is -9.33. The van der Waals surface area contributed by atoms with Gasteiger partial charge in [-0.2, -0.15) is 8.78 Å². The number of ketones is 1. The molecule has 0 fully saturated rings. The van der Waals surface area contributed by atoms with E-state index in [2.05, 4.69) is 16.0 Å². The molecule has 3 aromatic carbocycles. The van der Waals surface area contributed by atoms with Gasteiger partial charge in [-0.1, -0.05) is 105 Å². The molecule has 3 rings (SSSR count). The molecule has 2 unspecified atom stereocenters. The second-order valence-electron chi connectivity index (χ2n) is 9.79. The minimum atomic E-state index is -4.43. The molecule has 2 atom stereocenters. The van der Waals surface area contributed by atoms with Crippen LogP contribution in [0.4, 0.5) is 13.6 Å². The van der Waals surface area contributed by atoms with Crippen molar-refractivity contribution >= 4 is 23.7 Å². The number of carbonyl (C=O) groups is 4. The molecule has 0 bridgehead atoms. The van der Waals surface area contributed by atoms with Crippen LogP contribution in [-0.4, -0.2) is 41.7 Å². The second-order valence-corrected chi connectivity index (χ2v) is 9.79. The Labute approximate surface area is 237 Å². The maximum absolute atomic E-state index is 15.1. The van der Waals surface area contributed by atoms with Gasteiger partial charge in [-0.3, -0.25) is 14.4 Å². The molecule has 3 N–H and O–H groups in total. The maximum Gasteiger partial charge on any atom is 0.408 e. The lowest BCUT2D eigenvalue weighted by Crippen LogP contribution is -2.59. The summed E-state index contributed by atoms with van der Waals surface area (Å²) in [5.41, 5.74) is 1.79. The van der Waals surface area contributed by atoms with Crippen LogP contribution in [0.15, 0.2) is 91.0 Å². The Hall–Kier alpha value is -4.60. The molecule has 0 aliphatic heterocycles. The van der Waals surface area contributed by atoms with Crippen molar-refractivity contribution in [2.24, 2.45) is 5.92 Å². The van der Waals surface area contributed by atoms with Crippen LogP contribution in [0.25, 0.3) is 0 Å². The molecule has 0 aliphatic carbocycles. The van der Waals surface area contributed by atoms with Crippen molar-refractivity contribution in [1.29, 1.82) is 0 Å². The van der Waals surface area contributed by atoms with E-state index < -0.39 is 47.6 Å². The predicted molar refractivity (Wildman–Crippen MR) is 149 cm³/mol. The fourth-order valence-corrected chi connectivity index (χ4v) is 3.97. The molecule has 0 aromatic heterocycles. The van der Waals surface area contributed by atoms with Gasteiger partial charge in [0, 0.05) is 13.0 Å². The van der Waals surface area contributed by atoms with Crippen LogP contribution >= 0.6 is 0 Å². The van der Waals surface area contributed by atoms with E-state index in [4.69, 9.17) is 4.74 Å². The molecule has 41 heavy (non-hydrogen) atoms. The number of benzene rings is 3. The number of ether oxygens (including phenoxy) is 1. The zero-order valence-electron chi connectivity index (χ0n) is 22.8. The minimum Gasteiger partial charge on any atom is -0.445 e. The fourth-order valence-electron chi connectivity index (χ4n) is 3.97. The van der Waals surface area contributed by atoms with Gasteiger partial charge in [-0.15, -0.1) is 0 Å². The second kappa shape index (κ2) is 14.7. The van der Waals surface area contributed by atoms with Crippen molar-refractivity contribution in [3.63, 3.8) is 0 Å². The first-order valence-electron chi connectivity index (χ1n) is 13.1. The smallest absolute Gasteiger partial charge is 0.408 e. The molecular weight excluding hydrogens is 532 g/mol. The van der Waals surface area contributed by atoms with Crippen LogP contribution < -0.4 is 16.0 Å². The van der Waals surface area contributed by atoms with E-state index in [1.54, 1.807) is 98.8 Å². The lowest BCUT2D eigenvalue weighted by atomic mass is 9.96. The summed E-state index contributed by atoms with van der Waals surface area (Å²) in [6.07, 6.45) is -1.18. The molecule has 3 amide bonds. The van der Waals surface area contributed by atoms with Gasteiger partial charge in [-0.25, -0.2) is 4.79 Å². The number of hydrogen-bond donors (Lipinski definition) is 3. The molecule has 10 heteroatoms. The summed E-state index contributed by atoms with van der Waals surface area (Å²) in [5, 5.41) is 6.88. The fraction of sp³-hybridized carbons (Fsp3) is 0.290. The van der Waals surface area contributed by atoms with Gasteiger partial charge < -0.3 is 20.7 Å². The zero-order chi connectivity index (χ0) is 29.8. The summed E-state index contributed by atoms with van der Waals surface area (Å²) in [7, 11) is 0. The Kier molecular flexibility index (Phi) is 11.1. The largest absolute Gasteiger partial charge is 0.445 e. The van der Waals surface area contributed by atoms with Gasteiger partial charge >= 0.3 is 12.0 Å². The Bertz CT molecular complexity index is 1310. The number of nitrogens with one attached hydrogen (secondary N) is 3. The van der Waals surface area contributed by atoms with Gasteiger partial charge in [0.15, 0.2) is 0 Å². The highest BCUT2D eigenvalue weighted by Crippen LogP contribution is 2.20. The number of alkyl halides is 2. The number of alkyl carbamates (subject to hydrolysis) is 1. The van der Waals surface area contributed by atoms with Crippen molar-refractivity contribution in [3.8, 4) is 0 Å². The highest BCUT2D eigenvalue weighted by Gasteiger charge is 2.50. The predicted octanol–water partition coefficient (Wildman–Crippen LogP) is 4.19. The lowest BCUT2D eigenvalue weighted by Gasteiger charge is -2.27. The van der Waals surface area contributed by atoms with Crippen molar-refractivity contribution in [2.75, 3.05) is 0 Å². The molecule has 0 radical (unpaired) electrons. The molecule has 0 spiro atoms. The third-order valence-corrected chi connectivity index (χ3v) is 6.24. The van der Waals surface area contributed by atoms with E-state index >= 15 is 8.78 Å². The van der Waals surface area contributed by atoms with Crippen molar-refractivity contribution in [3.05, 3.63) is 108 Å². The van der Waals surface area contributed by atoms with Crippen LogP contribution in [0.5, 0.6) is 0 Å². The van der Waals surface area contributed by atoms with Crippen molar-refractivity contribution in [2.45, 2.75) is 51.4 Å². The molecular formula is C31H33F2N3O5. The highest BCUT2D eigenvalue weighted by atomic mass is 19.3. The Morgan fingerprint density at radius 1 is 0.756 bits per heavy atom. The normalized spacial score (nSPS) is 12.6. The summed E-state index contributed by atoms with van der Waals surface area (Å²) in [4.78, 5) is 51.2. The molecule has 0 saturated heterocycles. The summed E-state index contributed by atoms with van der Waals surface area (Å²) >= 11 is 0. The first kappa shape index (κ1) is 30.9. The number of hydrogen-bond acceptors (Lipinski definition) is 5. The summed E-state index contributed by atoms with van der Waals surface area (Å²) in [6.45, 7) is 3.03.